The van der Waals surface area contributed by atoms with Gasteiger partial charge in [0.15, 0.2) is 11.6 Å². The van der Waals surface area contributed by atoms with Crippen LogP contribution in [0.3, 0.4) is 0 Å². The molecule has 1 aromatic carbocycles. The molecule has 0 unspecified atom stereocenters. The van der Waals surface area contributed by atoms with E-state index in [1.165, 1.54) is 17.8 Å². The molecule has 0 spiro atoms. The van der Waals surface area contributed by atoms with E-state index in [1.54, 1.807) is 18.3 Å². The third kappa shape index (κ3) is 4.59. The standard InChI is InChI=1S/C14H13F2N3O2S/c15-10-4-3-9(8-11(10)16)22-7-5-13(20)18-19-14(21)12-2-1-6-17-12/h1-4,6,8,17H,5,7H2,(H,18,20)(H,19,21). The summed E-state index contributed by atoms with van der Waals surface area (Å²) in [6, 6.07) is 6.78. The maximum Gasteiger partial charge on any atom is 0.286 e. The van der Waals surface area contributed by atoms with Gasteiger partial charge in [-0.25, -0.2) is 8.78 Å². The summed E-state index contributed by atoms with van der Waals surface area (Å²) in [4.78, 5) is 26.3. The van der Waals surface area contributed by atoms with E-state index in [9.17, 15) is 18.4 Å². The van der Waals surface area contributed by atoms with Crippen molar-refractivity contribution in [2.75, 3.05) is 5.75 Å². The number of hydrogen-bond donors (Lipinski definition) is 3. The number of rotatable bonds is 5. The molecule has 116 valence electrons. The molecular weight excluding hydrogens is 312 g/mol. The summed E-state index contributed by atoms with van der Waals surface area (Å²) in [5.74, 6) is -2.29. The molecule has 0 bridgehead atoms. The molecule has 0 aliphatic heterocycles. The topological polar surface area (TPSA) is 74.0 Å². The minimum absolute atomic E-state index is 0.120. The highest BCUT2D eigenvalue weighted by molar-refractivity contribution is 7.99. The van der Waals surface area contributed by atoms with Gasteiger partial charge < -0.3 is 4.98 Å². The highest BCUT2D eigenvalue weighted by atomic mass is 32.2. The zero-order valence-corrected chi connectivity index (χ0v) is 12.2. The van der Waals surface area contributed by atoms with Gasteiger partial charge in [0.05, 0.1) is 0 Å². The number of amides is 2. The van der Waals surface area contributed by atoms with E-state index in [2.05, 4.69) is 15.8 Å². The van der Waals surface area contributed by atoms with Crippen molar-refractivity contribution in [3.63, 3.8) is 0 Å². The van der Waals surface area contributed by atoms with Crippen molar-refractivity contribution >= 4 is 23.6 Å². The number of thioether (sulfide) groups is 1. The van der Waals surface area contributed by atoms with Crippen LogP contribution in [0.4, 0.5) is 8.78 Å². The maximum atomic E-state index is 13.0. The number of hydrogen-bond acceptors (Lipinski definition) is 3. The molecule has 0 atom stereocenters. The fourth-order valence-electron chi connectivity index (χ4n) is 1.56. The molecule has 0 aliphatic carbocycles. The Bertz CT molecular complexity index is 662. The van der Waals surface area contributed by atoms with Gasteiger partial charge in [0, 0.05) is 23.3 Å². The van der Waals surface area contributed by atoms with E-state index < -0.39 is 17.5 Å². The van der Waals surface area contributed by atoms with Gasteiger partial charge >= 0.3 is 0 Å². The molecule has 8 heteroatoms. The summed E-state index contributed by atoms with van der Waals surface area (Å²) in [5, 5.41) is 0. The lowest BCUT2D eigenvalue weighted by molar-refractivity contribution is -0.121. The van der Waals surface area contributed by atoms with Crippen LogP contribution >= 0.6 is 11.8 Å². The van der Waals surface area contributed by atoms with Crippen molar-refractivity contribution in [2.45, 2.75) is 11.3 Å². The first kappa shape index (κ1) is 16.0. The second kappa shape index (κ2) is 7.60. The Hall–Kier alpha value is -2.35. The lowest BCUT2D eigenvalue weighted by Crippen LogP contribution is -2.41. The monoisotopic (exact) mass is 325 g/mol. The second-order valence-corrected chi connectivity index (χ2v) is 5.43. The minimum Gasteiger partial charge on any atom is -0.357 e. The van der Waals surface area contributed by atoms with Crippen LogP contribution in [-0.4, -0.2) is 22.6 Å². The van der Waals surface area contributed by atoms with Crippen LogP contribution in [0.5, 0.6) is 0 Å². The lowest BCUT2D eigenvalue weighted by Gasteiger charge is -2.06. The van der Waals surface area contributed by atoms with E-state index in [4.69, 9.17) is 0 Å². The first-order valence-corrected chi connectivity index (χ1v) is 7.35. The summed E-state index contributed by atoms with van der Waals surface area (Å²) < 4.78 is 25.7. The number of aromatic nitrogens is 1. The summed E-state index contributed by atoms with van der Waals surface area (Å²) in [6.07, 6.45) is 1.71. The molecule has 22 heavy (non-hydrogen) atoms. The molecule has 0 saturated carbocycles. The fourth-order valence-corrected chi connectivity index (χ4v) is 2.43. The number of benzene rings is 1. The molecule has 1 aromatic heterocycles. The van der Waals surface area contributed by atoms with E-state index in [1.807, 2.05) is 0 Å². The van der Waals surface area contributed by atoms with Crippen LogP contribution in [0.1, 0.15) is 16.9 Å². The van der Waals surface area contributed by atoms with Crippen molar-refractivity contribution in [3.8, 4) is 0 Å². The Morgan fingerprint density at radius 3 is 2.64 bits per heavy atom. The number of aromatic amines is 1. The lowest BCUT2D eigenvalue weighted by atomic mass is 10.3. The maximum absolute atomic E-state index is 13.0. The van der Waals surface area contributed by atoms with Gasteiger partial charge in [-0.05, 0) is 30.3 Å². The van der Waals surface area contributed by atoms with Crippen LogP contribution in [-0.2, 0) is 4.79 Å². The Balaban J connectivity index is 1.69. The molecule has 2 rings (SSSR count). The number of nitrogens with one attached hydrogen (secondary N) is 3. The van der Waals surface area contributed by atoms with Gasteiger partial charge in [-0.2, -0.15) is 0 Å². The Labute approximate surface area is 129 Å². The zero-order chi connectivity index (χ0) is 15.9. The summed E-state index contributed by atoms with van der Waals surface area (Å²) in [5.41, 5.74) is 4.86. The first-order valence-electron chi connectivity index (χ1n) is 6.36. The van der Waals surface area contributed by atoms with Crippen LogP contribution in [0.2, 0.25) is 0 Å². The van der Waals surface area contributed by atoms with Gasteiger partial charge in [-0.3, -0.25) is 20.4 Å². The van der Waals surface area contributed by atoms with Crippen LogP contribution in [0.25, 0.3) is 0 Å². The van der Waals surface area contributed by atoms with Crippen molar-refractivity contribution in [3.05, 3.63) is 53.9 Å². The number of hydrazine groups is 1. The smallest absolute Gasteiger partial charge is 0.286 e. The van der Waals surface area contributed by atoms with E-state index in [0.717, 1.165) is 12.1 Å². The highest BCUT2D eigenvalue weighted by Crippen LogP contribution is 2.20. The quantitative estimate of drug-likeness (QED) is 0.583. The Morgan fingerprint density at radius 2 is 1.95 bits per heavy atom. The van der Waals surface area contributed by atoms with Crippen LogP contribution in [0.15, 0.2) is 41.4 Å². The second-order valence-electron chi connectivity index (χ2n) is 4.26. The zero-order valence-electron chi connectivity index (χ0n) is 11.4. The number of carbonyl (C=O) groups is 2. The molecule has 0 saturated heterocycles. The molecule has 2 aromatic rings. The Kier molecular flexibility index (Phi) is 5.54. The summed E-state index contributed by atoms with van der Waals surface area (Å²) in [6.45, 7) is 0. The molecular formula is C14H13F2N3O2S. The normalized spacial score (nSPS) is 10.3. The third-order valence-corrected chi connectivity index (χ3v) is 3.64. The SMILES string of the molecule is O=C(CCSc1ccc(F)c(F)c1)NNC(=O)c1ccc[nH]1. The van der Waals surface area contributed by atoms with E-state index in [-0.39, 0.29) is 12.3 Å². The van der Waals surface area contributed by atoms with Gasteiger partial charge in [-0.15, -0.1) is 11.8 Å². The third-order valence-electron chi connectivity index (χ3n) is 2.65. The number of carbonyl (C=O) groups excluding carboxylic acids is 2. The van der Waals surface area contributed by atoms with Crippen molar-refractivity contribution < 1.29 is 18.4 Å². The predicted octanol–water partition coefficient (Wildman–Crippen LogP) is 2.24. The molecule has 0 radical (unpaired) electrons. The van der Waals surface area contributed by atoms with E-state index >= 15 is 0 Å². The summed E-state index contributed by atoms with van der Waals surface area (Å²) in [7, 11) is 0. The molecule has 1 heterocycles. The van der Waals surface area contributed by atoms with Crippen molar-refractivity contribution in [2.24, 2.45) is 0 Å². The number of halogens is 2. The average molecular weight is 325 g/mol. The highest BCUT2D eigenvalue weighted by Gasteiger charge is 2.08. The average Bonchev–Trinajstić information content (AvgIpc) is 3.03. The molecule has 5 nitrogen and oxygen atoms in total. The Morgan fingerprint density at radius 1 is 1.14 bits per heavy atom. The van der Waals surface area contributed by atoms with Crippen molar-refractivity contribution in [1.82, 2.24) is 15.8 Å². The summed E-state index contributed by atoms with van der Waals surface area (Å²) >= 11 is 1.22. The van der Waals surface area contributed by atoms with Gasteiger partial charge in [0.2, 0.25) is 5.91 Å². The number of H-pyrrole nitrogens is 1. The van der Waals surface area contributed by atoms with Gasteiger partial charge in [0.25, 0.3) is 5.91 Å². The van der Waals surface area contributed by atoms with Crippen molar-refractivity contribution in [1.29, 1.82) is 0 Å². The first-order chi connectivity index (χ1) is 10.6. The predicted molar refractivity (Wildman–Crippen MR) is 78.1 cm³/mol. The molecule has 2 amide bonds. The van der Waals surface area contributed by atoms with Gasteiger partial charge in [-0.1, -0.05) is 0 Å². The molecule has 0 aliphatic rings. The molecule has 3 N–H and O–H groups in total. The van der Waals surface area contributed by atoms with Crippen LogP contribution in [0, 0.1) is 11.6 Å². The minimum atomic E-state index is -0.923. The van der Waals surface area contributed by atoms with E-state index in [0.29, 0.717) is 16.3 Å². The molecule has 0 fully saturated rings. The van der Waals surface area contributed by atoms with Gasteiger partial charge in [0.1, 0.15) is 5.69 Å². The fraction of sp³-hybridized carbons (Fsp3) is 0.143. The largest absolute Gasteiger partial charge is 0.357 e. The van der Waals surface area contributed by atoms with Crippen LogP contribution < -0.4 is 10.9 Å².